The van der Waals surface area contributed by atoms with Gasteiger partial charge in [-0.2, -0.15) is 0 Å². The highest BCUT2D eigenvalue weighted by Crippen LogP contribution is 2.37. The second-order valence-corrected chi connectivity index (χ2v) is 16.1. The van der Waals surface area contributed by atoms with Crippen LogP contribution in [-0.2, 0) is 18.9 Å². The van der Waals surface area contributed by atoms with Gasteiger partial charge in [-0.05, 0) is 96.7 Å². The molecule has 0 aromatic carbocycles. The van der Waals surface area contributed by atoms with Crippen LogP contribution in [0.25, 0.3) is 0 Å². The predicted octanol–water partition coefficient (Wildman–Crippen LogP) is 12.3. The molecule has 6 nitrogen and oxygen atoms in total. The minimum absolute atomic E-state index is 0.262. The number of ether oxygens (including phenoxy) is 4. The number of nitrogens with zero attached hydrogens (tertiary/aromatic N) is 1. The maximum absolute atomic E-state index is 9.21. The number of aliphatic hydroxyl groups excluding tert-OH is 1. The lowest BCUT2D eigenvalue weighted by molar-refractivity contribution is -0.180. The summed E-state index contributed by atoms with van der Waals surface area (Å²) in [6, 6.07) is 0. The Hall–Kier alpha value is -0.240. The maximum Gasteiger partial charge on any atom is 0.168 e. The van der Waals surface area contributed by atoms with Crippen LogP contribution in [0, 0.1) is 0 Å². The van der Waals surface area contributed by atoms with E-state index in [0.717, 1.165) is 64.6 Å². The summed E-state index contributed by atoms with van der Waals surface area (Å²) in [7, 11) is 0. The molecular weight excluding hydrogens is 622 g/mol. The molecule has 2 aliphatic heterocycles. The van der Waals surface area contributed by atoms with Gasteiger partial charge in [0.1, 0.15) is 0 Å². The average Bonchev–Trinajstić information content (AvgIpc) is 3.73. The third-order valence-corrected chi connectivity index (χ3v) is 11.4. The Morgan fingerprint density at radius 2 is 0.780 bits per heavy atom. The van der Waals surface area contributed by atoms with E-state index in [2.05, 4.69) is 32.6 Å². The third kappa shape index (κ3) is 20.9. The first-order valence-electron chi connectivity index (χ1n) is 22.5. The Bertz CT molecular complexity index is 672. The van der Waals surface area contributed by atoms with E-state index in [1.165, 1.54) is 161 Å². The number of unbranched alkanes of at least 4 members (excludes halogenated alkanes) is 17. The molecule has 298 valence electrons. The van der Waals surface area contributed by atoms with Crippen molar-refractivity contribution < 1.29 is 24.1 Å². The molecule has 2 rings (SSSR count). The maximum atomic E-state index is 9.21. The zero-order valence-corrected chi connectivity index (χ0v) is 34.1. The topological polar surface area (TPSA) is 60.4 Å². The lowest BCUT2D eigenvalue weighted by Crippen LogP contribution is -2.31. The van der Waals surface area contributed by atoms with E-state index >= 15 is 0 Å². The number of hydrogen-bond donors (Lipinski definition) is 1. The SMILES string of the molecule is CCCCCCC1(CCCCCC)OCC(CCCCN(CCCCCCO)CCCCC2COC(CCCCCC)(CCCCCC)O2)O1. The van der Waals surface area contributed by atoms with E-state index in [1.54, 1.807) is 0 Å². The van der Waals surface area contributed by atoms with Crippen molar-refractivity contribution in [3.05, 3.63) is 0 Å². The minimum atomic E-state index is -0.315. The standard InChI is InChI=1S/C44H87NO5/c1-5-9-13-21-31-43(32-22-14-10-6-2)47-39-41(49-43)29-19-26-36-45(35-25-17-18-28-38-46)37-27-20-30-42-40-48-44(50-42,33-23-15-11-7-3)34-24-16-12-8-4/h41-42,46H,5-40H2,1-4H3. The van der Waals surface area contributed by atoms with Crippen LogP contribution in [0.15, 0.2) is 0 Å². The normalized spacial score (nSPS) is 20.0. The molecule has 0 amide bonds. The van der Waals surface area contributed by atoms with Gasteiger partial charge < -0.3 is 29.0 Å². The molecule has 0 bridgehead atoms. The Balaban J connectivity index is 1.77. The third-order valence-electron chi connectivity index (χ3n) is 11.4. The van der Waals surface area contributed by atoms with Crippen LogP contribution in [0.1, 0.15) is 220 Å². The monoisotopic (exact) mass is 710 g/mol. The first-order valence-corrected chi connectivity index (χ1v) is 22.5. The molecule has 0 saturated carbocycles. The molecule has 2 saturated heterocycles. The molecule has 0 aliphatic carbocycles. The summed E-state index contributed by atoms with van der Waals surface area (Å²) in [5.74, 6) is -0.630. The van der Waals surface area contributed by atoms with Crippen LogP contribution in [-0.4, -0.2) is 73.2 Å². The molecule has 0 spiro atoms. The van der Waals surface area contributed by atoms with Gasteiger partial charge in [0, 0.05) is 32.3 Å². The molecule has 0 aromatic rings. The van der Waals surface area contributed by atoms with Gasteiger partial charge in [-0.1, -0.05) is 118 Å². The van der Waals surface area contributed by atoms with Crippen molar-refractivity contribution in [1.82, 2.24) is 4.90 Å². The van der Waals surface area contributed by atoms with Crippen molar-refractivity contribution in [3.8, 4) is 0 Å². The molecule has 2 atom stereocenters. The Morgan fingerprint density at radius 3 is 1.14 bits per heavy atom. The second kappa shape index (κ2) is 30.1. The summed E-state index contributed by atoms with van der Waals surface area (Å²) >= 11 is 0. The predicted molar refractivity (Wildman–Crippen MR) is 212 cm³/mol. The van der Waals surface area contributed by atoms with Crippen molar-refractivity contribution in [3.63, 3.8) is 0 Å². The highest BCUT2D eigenvalue weighted by atomic mass is 16.7. The second-order valence-electron chi connectivity index (χ2n) is 16.1. The zero-order chi connectivity index (χ0) is 36.0. The molecule has 0 aromatic heterocycles. The molecule has 6 heteroatoms. The minimum Gasteiger partial charge on any atom is -0.396 e. The molecule has 50 heavy (non-hydrogen) atoms. The summed E-state index contributed by atoms with van der Waals surface area (Å²) in [5, 5.41) is 9.21. The van der Waals surface area contributed by atoms with Crippen LogP contribution >= 0.6 is 0 Å². The van der Waals surface area contributed by atoms with Gasteiger partial charge in [0.05, 0.1) is 25.4 Å². The largest absolute Gasteiger partial charge is 0.396 e. The van der Waals surface area contributed by atoms with Crippen molar-refractivity contribution >= 4 is 0 Å². The highest BCUT2D eigenvalue weighted by molar-refractivity contribution is 4.81. The summed E-state index contributed by atoms with van der Waals surface area (Å²) in [6.07, 6.45) is 36.8. The van der Waals surface area contributed by atoms with Crippen LogP contribution in [0.4, 0.5) is 0 Å². The fourth-order valence-corrected chi connectivity index (χ4v) is 8.13. The first-order chi connectivity index (χ1) is 24.5. The zero-order valence-electron chi connectivity index (χ0n) is 34.1. The summed E-state index contributed by atoms with van der Waals surface area (Å²) < 4.78 is 26.5. The lowest BCUT2D eigenvalue weighted by Gasteiger charge is -2.29. The molecule has 2 heterocycles. The molecule has 1 N–H and O–H groups in total. The fourth-order valence-electron chi connectivity index (χ4n) is 8.13. The van der Waals surface area contributed by atoms with E-state index in [9.17, 15) is 5.11 Å². The van der Waals surface area contributed by atoms with Gasteiger partial charge in [-0.15, -0.1) is 0 Å². The average molecular weight is 710 g/mol. The quantitative estimate of drug-likeness (QED) is 0.0654. The smallest absolute Gasteiger partial charge is 0.168 e. The summed E-state index contributed by atoms with van der Waals surface area (Å²) in [5.41, 5.74) is 0. The van der Waals surface area contributed by atoms with Crippen molar-refractivity contribution in [1.29, 1.82) is 0 Å². The molecule has 2 aliphatic rings. The van der Waals surface area contributed by atoms with E-state index in [0.29, 0.717) is 6.61 Å². The van der Waals surface area contributed by atoms with Gasteiger partial charge in [-0.25, -0.2) is 0 Å². The van der Waals surface area contributed by atoms with Gasteiger partial charge in [-0.3, -0.25) is 0 Å². The Morgan fingerprint density at radius 1 is 0.440 bits per heavy atom. The molecule has 2 unspecified atom stereocenters. The summed E-state index contributed by atoms with van der Waals surface area (Å²) in [6.45, 7) is 14.5. The molecule has 0 radical (unpaired) electrons. The Kier molecular flexibility index (Phi) is 27.7. The van der Waals surface area contributed by atoms with Crippen molar-refractivity contribution in [2.75, 3.05) is 39.5 Å². The molecular formula is C44H87NO5. The molecule has 2 fully saturated rings. The Labute approximate surface area is 311 Å². The van der Waals surface area contributed by atoms with E-state index in [1.807, 2.05) is 0 Å². The van der Waals surface area contributed by atoms with Gasteiger partial charge in [0.2, 0.25) is 0 Å². The number of hydrogen-bond acceptors (Lipinski definition) is 6. The van der Waals surface area contributed by atoms with E-state index < -0.39 is 0 Å². The highest BCUT2D eigenvalue weighted by Gasteiger charge is 2.41. The van der Waals surface area contributed by atoms with Gasteiger partial charge >= 0.3 is 0 Å². The van der Waals surface area contributed by atoms with Crippen LogP contribution < -0.4 is 0 Å². The van der Waals surface area contributed by atoms with E-state index in [4.69, 9.17) is 18.9 Å². The number of rotatable bonds is 36. The van der Waals surface area contributed by atoms with E-state index in [-0.39, 0.29) is 23.8 Å². The number of aliphatic hydroxyl groups is 1. The lowest BCUT2D eigenvalue weighted by atomic mass is 10.00. The van der Waals surface area contributed by atoms with Crippen LogP contribution in [0.5, 0.6) is 0 Å². The summed E-state index contributed by atoms with van der Waals surface area (Å²) in [4.78, 5) is 2.72. The fraction of sp³-hybridized carbons (Fsp3) is 1.00. The van der Waals surface area contributed by atoms with Crippen molar-refractivity contribution in [2.45, 2.75) is 244 Å². The first kappa shape index (κ1) is 45.9. The van der Waals surface area contributed by atoms with Crippen LogP contribution in [0.2, 0.25) is 0 Å². The van der Waals surface area contributed by atoms with Gasteiger partial charge in [0.25, 0.3) is 0 Å². The van der Waals surface area contributed by atoms with Crippen molar-refractivity contribution in [2.24, 2.45) is 0 Å². The van der Waals surface area contributed by atoms with Gasteiger partial charge in [0.15, 0.2) is 11.6 Å². The van der Waals surface area contributed by atoms with Crippen LogP contribution in [0.3, 0.4) is 0 Å².